The number of benzene rings is 1. The van der Waals surface area contributed by atoms with Gasteiger partial charge in [0.25, 0.3) is 5.91 Å². The maximum Gasteiger partial charge on any atom is 0.252 e. The molecule has 6 heteroatoms. The van der Waals surface area contributed by atoms with Crippen LogP contribution in [0.15, 0.2) is 28.7 Å². The fourth-order valence-corrected chi connectivity index (χ4v) is 2.03. The van der Waals surface area contributed by atoms with E-state index in [-0.39, 0.29) is 18.2 Å². The van der Waals surface area contributed by atoms with E-state index in [1.54, 1.807) is 25.3 Å². The molecule has 0 aliphatic rings. The first-order chi connectivity index (χ1) is 9.65. The van der Waals surface area contributed by atoms with Crippen LogP contribution in [0.3, 0.4) is 0 Å². The van der Waals surface area contributed by atoms with Crippen molar-refractivity contribution in [2.75, 3.05) is 26.8 Å². The van der Waals surface area contributed by atoms with Crippen LogP contribution in [0.25, 0.3) is 0 Å². The van der Waals surface area contributed by atoms with Crippen molar-refractivity contribution in [1.82, 2.24) is 10.6 Å². The number of hydrogen-bond acceptors (Lipinski definition) is 3. The largest absolute Gasteiger partial charge is 0.385 e. The highest BCUT2D eigenvalue weighted by Gasteiger charge is 2.09. The third-order valence-corrected chi connectivity index (χ3v) is 3.30. The average molecular weight is 343 g/mol. The van der Waals surface area contributed by atoms with Crippen molar-refractivity contribution < 1.29 is 14.3 Å². The van der Waals surface area contributed by atoms with E-state index in [1.807, 2.05) is 6.07 Å². The summed E-state index contributed by atoms with van der Waals surface area (Å²) in [6.07, 6.45) is 1.05. The standard InChI is InChI=1S/C14H19BrN2O3/c1-20-10-4-8-16-13(18)7-9-17-14(19)11-5-2-3-6-12(11)15/h2-3,5-6H,4,7-10H2,1H3,(H,16,18)(H,17,19). The van der Waals surface area contributed by atoms with E-state index in [0.717, 1.165) is 10.9 Å². The van der Waals surface area contributed by atoms with Gasteiger partial charge in [0.1, 0.15) is 0 Å². The molecular formula is C14H19BrN2O3. The molecule has 0 bridgehead atoms. The quantitative estimate of drug-likeness (QED) is 0.707. The lowest BCUT2D eigenvalue weighted by Gasteiger charge is -2.07. The summed E-state index contributed by atoms with van der Waals surface area (Å²) in [7, 11) is 1.62. The summed E-state index contributed by atoms with van der Waals surface area (Å²) >= 11 is 3.31. The van der Waals surface area contributed by atoms with E-state index in [9.17, 15) is 9.59 Å². The second-order valence-electron chi connectivity index (χ2n) is 4.18. The van der Waals surface area contributed by atoms with Crippen molar-refractivity contribution in [3.63, 3.8) is 0 Å². The normalized spacial score (nSPS) is 10.1. The van der Waals surface area contributed by atoms with Gasteiger partial charge in [0.2, 0.25) is 5.91 Å². The third kappa shape index (κ3) is 6.16. The molecular weight excluding hydrogens is 324 g/mol. The molecule has 110 valence electrons. The van der Waals surface area contributed by atoms with Gasteiger partial charge < -0.3 is 15.4 Å². The van der Waals surface area contributed by atoms with Crippen molar-refractivity contribution in [1.29, 1.82) is 0 Å². The molecule has 2 amide bonds. The first kappa shape index (κ1) is 16.7. The lowest BCUT2D eigenvalue weighted by molar-refractivity contribution is -0.120. The summed E-state index contributed by atoms with van der Waals surface area (Å²) in [4.78, 5) is 23.3. The number of ether oxygens (including phenoxy) is 1. The van der Waals surface area contributed by atoms with E-state index in [1.165, 1.54) is 0 Å². The Hall–Kier alpha value is -1.40. The maximum atomic E-state index is 11.9. The molecule has 1 rings (SSSR count). The first-order valence-corrected chi connectivity index (χ1v) is 7.23. The maximum absolute atomic E-state index is 11.9. The van der Waals surface area contributed by atoms with Crippen LogP contribution < -0.4 is 10.6 Å². The highest BCUT2D eigenvalue weighted by Crippen LogP contribution is 2.15. The summed E-state index contributed by atoms with van der Waals surface area (Å²) in [5.41, 5.74) is 0.563. The van der Waals surface area contributed by atoms with Crippen molar-refractivity contribution in [3.8, 4) is 0 Å². The lowest BCUT2D eigenvalue weighted by atomic mass is 10.2. The third-order valence-electron chi connectivity index (χ3n) is 2.60. The molecule has 0 unspecified atom stereocenters. The van der Waals surface area contributed by atoms with E-state index in [4.69, 9.17) is 4.74 Å². The summed E-state index contributed by atoms with van der Waals surface area (Å²) in [5, 5.41) is 5.48. The highest BCUT2D eigenvalue weighted by molar-refractivity contribution is 9.10. The van der Waals surface area contributed by atoms with Crippen molar-refractivity contribution in [2.45, 2.75) is 12.8 Å². The molecule has 5 nitrogen and oxygen atoms in total. The molecule has 1 aromatic carbocycles. The monoisotopic (exact) mass is 342 g/mol. The van der Waals surface area contributed by atoms with Crippen LogP contribution in [-0.2, 0) is 9.53 Å². The van der Waals surface area contributed by atoms with Gasteiger partial charge in [0, 0.05) is 37.7 Å². The van der Waals surface area contributed by atoms with Crippen LogP contribution in [0.1, 0.15) is 23.2 Å². The number of carbonyl (C=O) groups excluding carboxylic acids is 2. The van der Waals surface area contributed by atoms with Gasteiger partial charge in [0.05, 0.1) is 5.56 Å². The average Bonchev–Trinajstić information content (AvgIpc) is 2.44. The van der Waals surface area contributed by atoms with Crippen LogP contribution in [-0.4, -0.2) is 38.6 Å². The number of halogens is 1. The molecule has 1 aromatic rings. The van der Waals surface area contributed by atoms with E-state index in [2.05, 4.69) is 26.6 Å². The van der Waals surface area contributed by atoms with Gasteiger partial charge in [-0.25, -0.2) is 0 Å². The van der Waals surface area contributed by atoms with Gasteiger partial charge >= 0.3 is 0 Å². The zero-order valence-corrected chi connectivity index (χ0v) is 13.0. The molecule has 2 N–H and O–H groups in total. The zero-order valence-electron chi connectivity index (χ0n) is 11.4. The second-order valence-corrected chi connectivity index (χ2v) is 5.04. The zero-order chi connectivity index (χ0) is 14.8. The van der Waals surface area contributed by atoms with Gasteiger partial charge in [-0.2, -0.15) is 0 Å². The van der Waals surface area contributed by atoms with Crippen molar-refractivity contribution >= 4 is 27.7 Å². The van der Waals surface area contributed by atoms with Crippen LogP contribution in [0.4, 0.5) is 0 Å². The Kier molecular flexibility index (Phi) is 7.91. The molecule has 0 saturated heterocycles. The Morgan fingerprint density at radius 3 is 2.65 bits per heavy atom. The fraction of sp³-hybridized carbons (Fsp3) is 0.429. The van der Waals surface area contributed by atoms with Gasteiger partial charge in [-0.3, -0.25) is 9.59 Å². The topological polar surface area (TPSA) is 67.4 Å². The van der Waals surface area contributed by atoms with Gasteiger partial charge in [-0.05, 0) is 34.5 Å². The Morgan fingerprint density at radius 1 is 1.20 bits per heavy atom. The Labute approximate surface area is 127 Å². The smallest absolute Gasteiger partial charge is 0.252 e. The molecule has 0 spiro atoms. The van der Waals surface area contributed by atoms with Gasteiger partial charge in [0.15, 0.2) is 0 Å². The van der Waals surface area contributed by atoms with Crippen LogP contribution in [0, 0.1) is 0 Å². The highest BCUT2D eigenvalue weighted by atomic mass is 79.9. The lowest BCUT2D eigenvalue weighted by Crippen LogP contribution is -2.31. The van der Waals surface area contributed by atoms with E-state index >= 15 is 0 Å². The molecule has 0 radical (unpaired) electrons. The van der Waals surface area contributed by atoms with E-state index in [0.29, 0.717) is 25.3 Å². The Balaban J connectivity index is 2.22. The van der Waals surface area contributed by atoms with Crippen molar-refractivity contribution in [3.05, 3.63) is 34.3 Å². The van der Waals surface area contributed by atoms with Gasteiger partial charge in [-0.1, -0.05) is 12.1 Å². The first-order valence-electron chi connectivity index (χ1n) is 6.43. The minimum atomic E-state index is -0.190. The van der Waals surface area contributed by atoms with Crippen LogP contribution in [0.5, 0.6) is 0 Å². The van der Waals surface area contributed by atoms with Crippen molar-refractivity contribution in [2.24, 2.45) is 0 Å². The number of hydrogen-bond donors (Lipinski definition) is 2. The molecule has 0 heterocycles. The number of methoxy groups -OCH3 is 1. The number of rotatable bonds is 8. The molecule has 20 heavy (non-hydrogen) atoms. The number of carbonyl (C=O) groups is 2. The molecule has 0 aromatic heterocycles. The molecule has 0 aliphatic carbocycles. The van der Waals surface area contributed by atoms with Crippen LogP contribution in [0.2, 0.25) is 0 Å². The molecule has 0 atom stereocenters. The summed E-state index contributed by atoms with van der Waals surface area (Å²) in [6.45, 7) is 1.53. The predicted molar refractivity (Wildman–Crippen MR) is 80.6 cm³/mol. The van der Waals surface area contributed by atoms with Gasteiger partial charge in [-0.15, -0.1) is 0 Å². The summed E-state index contributed by atoms with van der Waals surface area (Å²) in [6, 6.07) is 7.16. The number of amides is 2. The fourth-order valence-electron chi connectivity index (χ4n) is 1.56. The minimum absolute atomic E-state index is 0.0754. The SMILES string of the molecule is COCCCNC(=O)CCNC(=O)c1ccccc1Br. The van der Waals surface area contributed by atoms with E-state index < -0.39 is 0 Å². The Bertz CT molecular complexity index is 452. The second kappa shape index (κ2) is 9.50. The molecule has 0 aliphatic heterocycles. The number of nitrogens with one attached hydrogen (secondary N) is 2. The molecule has 0 saturated carbocycles. The molecule has 0 fully saturated rings. The Morgan fingerprint density at radius 2 is 1.95 bits per heavy atom. The predicted octanol–water partition coefficient (Wildman–Crippen LogP) is 1.72. The van der Waals surface area contributed by atoms with Crippen LogP contribution >= 0.6 is 15.9 Å². The summed E-state index contributed by atoms with van der Waals surface area (Å²) in [5.74, 6) is -0.266. The summed E-state index contributed by atoms with van der Waals surface area (Å²) < 4.78 is 5.62. The minimum Gasteiger partial charge on any atom is -0.385 e.